The van der Waals surface area contributed by atoms with Crippen molar-refractivity contribution in [2.75, 3.05) is 5.32 Å². The fraction of sp³-hybridized carbons (Fsp3) is 0.444. The van der Waals surface area contributed by atoms with Crippen LogP contribution in [0.2, 0.25) is 5.02 Å². The van der Waals surface area contributed by atoms with Crippen molar-refractivity contribution < 1.29 is 9.90 Å². The molecule has 1 amide bonds. The molecule has 0 saturated carbocycles. The Balaban J connectivity index is 1.98. The van der Waals surface area contributed by atoms with E-state index in [2.05, 4.69) is 31.2 Å². The Kier molecular flexibility index (Phi) is 5.67. The number of nitrogens with zero attached hydrogens (tertiary/aromatic N) is 2. The van der Waals surface area contributed by atoms with Crippen LogP contribution in [-0.4, -0.2) is 20.8 Å². The standard InChI is InChI=1S/C18H24ClN3O2/c1-18(2,3)11-14-9-16(22(4)21-14)20-17(24)10-15(23)12-5-7-13(19)8-6-12/h5-9,15,23H,10-11H2,1-4H3,(H,20,24). The molecule has 1 aromatic heterocycles. The number of rotatable bonds is 5. The van der Waals surface area contributed by atoms with Crippen molar-refractivity contribution in [2.24, 2.45) is 12.5 Å². The van der Waals surface area contributed by atoms with Crippen LogP contribution in [0, 0.1) is 5.41 Å². The molecule has 0 fully saturated rings. The molecule has 0 bridgehead atoms. The first-order chi connectivity index (χ1) is 11.1. The lowest BCUT2D eigenvalue weighted by Crippen LogP contribution is -2.17. The van der Waals surface area contributed by atoms with Gasteiger partial charge in [0.25, 0.3) is 0 Å². The number of carbonyl (C=O) groups excluding carboxylic acids is 1. The van der Waals surface area contributed by atoms with Crippen LogP contribution < -0.4 is 5.32 Å². The van der Waals surface area contributed by atoms with E-state index >= 15 is 0 Å². The maximum absolute atomic E-state index is 12.2. The second-order valence-electron chi connectivity index (χ2n) is 7.20. The lowest BCUT2D eigenvalue weighted by atomic mass is 9.91. The molecule has 1 aromatic carbocycles. The van der Waals surface area contributed by atoms with E-state index in [1.165, 1.54) is 0 Å². The van der Waals surface area contributed by atoms with Gasteiger partial charge in [-0.05, 0) is 29.5 Å². The lowest BCUT2D eigenvalue weighted by molar-refractivity contribution is -0.118. The Labute approximate surface area is 147 Å². The lowest BCUT2D eigenvalue weighted by Gasteiger charge is -2.15. The molecule has 2 rings (SSSR count). The van der Waals surface area contributed by atoms with Gasteiger partial charge < -0.3 is 10.4 Å². The molecule has 0 spiro atoms. The zero-order chi connectivity index (χ0) is 17.9. The van der Waals surface area contributed by atoms with E-state index in [0.717, 1.165) is 12.1 Å². The molecule has 0 aliphatic rings. The molecule has 130 valence electrons. The molecule has 2 aromatic rings. The highest BCUT2D eigenvalue weighted by Gasteiger charge is 2.17. The van der Waals surface area contributed by atoms with Crippen LogP contribution in [0.15, 0.2) is 30.3 Å². The van der Waals surface area contributed by atoms with Crippen molar-refractivity contribution in [3.8, 4) is 0 Å². The van der Waals surface area contributed by atoms with E-state index in [1.54, 1.807) is 36.0 Å². The fourth-order valence-electron chi connectivity index (χ4n) is 2.45. The summed E-state index contributed by atoms with van der Waals surface area (Å²) in [5.74, 6) is 0.366. The Hall–Kier alpha value is -1.85. The number of aryl methyl sites for hydroxylation is 1. The molecule has 0 saturated heterocycles. The summed E-state index contributed by atoms with van der Waals surface area (Å²) in [5, 5.41) is 18.0. The van der Waals surface area contributed by atoms with Gasteiger partial charge in [-0.1, -0.05) is 44.5 Å². The number of halogens is 1. The van der Waals surface area contributed by atoms with Gasteiger partial charge in [0.15, 0.2) is 0 Å². The summed E-state index contributed by atoms with van der Waals surface area (Å²) in [6.07, 6.45) is -0.0736. The van der Waals surface area contributed by atoms with E-state index in [-0.39, 0.29) is 17.7 Å². The molecule has 24 heavy (non-hydrogen) atoms. The van der Waals surface area contributed by atoms with Crippen LogP contribution in [-0.2, 0) is 18.3 Å². The fourth-order valence-corrected chi connectivity index (χ4v) is 2.57. The van der Waals surface area contributed by atoms with Gasteiger partial charge in [0.05, 0.1) is 18.2 Å². The summed E-state index contributed by atoms with van der Waals surface area (Å²) in [6.45, 7) is 6.42. The predicted octanol–water partition coefficient (Wildman–Crippen LogP) is 3.72. The van der Waals surface area contributed by atoms with Crippen molar-refractivity contribution in [3.05, 3.63) is 46.6 Å². The van der Waals surface area contributed by atoms with Gasteiger partial charge in [-0.3, -0.25) is 9.48 Å². The first-order valence-corrected chi connectivity index (χ1v) is 8.28. The maximum Gasteiger partial charge on any atom is 0.228 e. The molecule has 6 heteroatoms. The van der Waals surface area contributed by atoms with Gasteiger partial charge in [-0.2, -0.15) is 5.10 Å². The molecule has 1 heterocycles. The van der Waals surface area contributed by atoms with Crippen LogP contribution >= 0.6 is 11.6 Å². The molecule has 1 atom stereocenters. The Bertz CT molecular complexity index is 702. The number of aromatic nitrogens is 2. The van der Waals surface area contributed by atoms with Crippen molar-refractivity contribution >= 4 is 23.3 Å². The van der Waals surface area contributed by atoms with E-state index in [9.17, 15) is 9.90 Å². The highest BCUT2D eigenvalue weighted by atomic mass is 35.5. The smallest absolute Gasteiger partial charge is 0.228 e. The van der Waals surface area contributed by atoms with Crippen molar-refractivity contribution in [3.63, 3.8) is 0 Å². The molecule has 2 N–H and O–H groups in total. The summed E-state index contributed by atoms with van der Waals surface area (Å²) in [7, 11) is 1.79. The van der Waals surface area contributed by atoms with E-state index < -0.39 is 6.10 Å². The number of benzene rings is 1. The van der Waals surface area contributed by atoms with E-state index in [4.69, 9.17) is 11.6 Å². The van der Waals surface area contributed by atoms with Crippen molar-refractivity contribution in [2.45, 2.75) is 39.7 Å². The minimum atomic E-state index is -0.871. The molecule has 0 aliphatic heterocycles. The number of aliphatic hydroxyl groups is 1. The Morgan fingerprint density at radius 2 is 1.96 bits per heavy atom. The van der Waals surface area contributed by atoms with Crippen LogP contribution in [0.5, 0.6) is 0 Å². The number of anilines is 1. The topological polar surface area (TPSA) is 67.2 Å². The zero-order valence-electron chi connectivity index (χ0n) is 14.5. The van der Waals surface area contributed by atoms with E-state index in [1.807, 2.05) is 6.07 Å². The van der Waals surface area contributed by atoms with Gasteiger partial charge >= 0.3 is 0 Å². The van der Waals surface area contributed by atoms with Crippen molar-refractivity contribution in [1.82, 2.24) is 9.78 Å². The number of amides is 1. The summed E-state index contributed by atoms with van der Waals surface area (Å²) in [6, 6.07) is 8.69. The molecular formula is C18H24ClN3O2. The van der Waals surface area contributed by atoms with Gasteiger partial charge in [0.1, 0.15) is 5.82 Å². The number of nitrogens with one attached hydrogen (secondary N) is 1. The minimum Gasteiger partial charge on any atom is -0.388 e. The van der Waals surface area contributed by atoms with Crippen LogP contribution in [0.3, 0.4) is 0 Å². The number of hydrogen-bond donors (Lipinski definition) is 2. The minimum absolute atomic E-state index is 0.0264. The SMILES string of the molecule is Cn1nc(CC(C)(C)C)cc1NC(=O)CC(O)c1ccc(Cl)cc1. The Morgan fingerprint density at radius 3 is 2.54 bits per heavy atom. The third-order valence-corrected chi connectivity index (χ3v) is 3.79. The Morgan fingerprint density at radius 1 is 1.33 bits per heavy atom. The summed E-state index contributed by atoms with van der Waals surface area (Å²) >= 11 is 5.82. The third-order valence-electron chi connectivity index (χ3n) is 3.54. The monoisotopic (exact) mass is 349 g/mol. The molecule has 0 aliphatic carbocycles. The maximum atomic E-state index is 12.2. The molecule has 0 radical (unpaired) electrons. The highest BCUT2D eigenvalue weighted by molar-refractivity contribution is 6.30. The normalized spacial score (nSPS) is 12.9. The van der Waals surface area contributed by atoms with E-state index in [0.29, 0.717) is 16.4 Å². The average molecular weight is 350 g/mol. The summed E-state index contributed by atoms with van der Waals surface area (Å²) in [5.41, 5.74) is 1.71. The third kappa shape index (κ3) is 5.35. The predicted molar refractivity (Wildman–Crippen MR) is 96.0 cm³/mol. The van der Waals surface area contributed by atoms with Crippen LogP contribution in [0.4, 0.5) is 5.82 Å². The summed E-state index contributed by atoms with van der Waals surface area (Å²) in [4.78, 5) is 12.2. The second kappa shape index (κ2) is 7.36. The van der Waals surface area contributed by atoms with Gasteiger partial charge in [-0.25, -0.2) is 0 Å². The van der Waals surface area contributed by atoms with Gasteiger partial charge in [0, 0.05) is 18.1 Å². The van der Waals surface area contributed by atoms with Gasteiger partial charge in [-0.15, -0.1) is 0 Å². The van der Waals surface area contributed by atoms with Crippen molar-refractivity contribution in [1.29, 1.82) is 0 Å². The molecule has 1 unspecified atom stereocenters. The average Bonchev–Trinajstić information content (AvgIpc) is 2.76. The highest BCUT2D eigenvalue weighted by Crippen LogP contribution is 2.23. The quantitative estimate of drug-likeness (QED) is 0.864. The number of carbonyl (C=O) groups is 1. The number of aliphatic hydroxyl groups excluding tert-OH is 1. The molecular weight excluding hydrogens is 326 g/mol. The van der Waals surface area contributed by atoms with Gasteiger partial charge in [0.2, 0.25) is 5.91 Å². The van der Waals surface area contributed by atoms with Crippen LogP contribution in [0.1, 0.15) is 44.6 Å². The largest absolute Gasteiger partial charge is 0.388 e. The number of hydrogen-bond acceptors (Lipinski definition) is 3. The first-order valence-electron chi connectivity index (χ1n) is 7.90. The zero-order valence-corrected chi connectivity index (χ0v) is 15.3. The second-order valence-corrected chi connectivity index (χ2v) is 7.64. The van der Waals surface area contributed by atoms with Crippen LogP contribution in [0.25, 0.3) is 0 Å². The summed E-state index contributed by atoms with van der Waals surface area (Å²) < 4.78 is 1.65. The first kappa shape index (κ1) is 18.5. The molecule has 5 nitrogen and oxygen atoms in total.